The molecule has 0 aliphatic heterocycles. The smallest absolute Gasteiger partial charge is 0.174 e. The average molecular weight is 252 g/mol. The maximum Gasteiger partial charge on any atom is 0.174 e. The Morgan fingerprint density at radius 3 is 2.71 bits per heavy atom. The summed E-state index contributed by atoms with van der Waals surface area (Å²) in [5, 5.41) is 10.0. The van der Waals surface area contributed by atoms with Crippen molar-refractivity contribution in [3.05, 3.63) is 52.7 Å². The molecule has 2 rings (SSSR count). The summed E-state index contributed by atoms with van der Waals surface area (Å²) in [6.45, 7) is 1.90. The molecule has 0 radical (unpaired) electrons. The summed E-state index contributed by atoms with van der Waals surface area (Å²) in [5.41, 5.74) is 0.527. The Morgan fingerprint density at radius 2 is 2.06 bits per heavy atom. The zero-order chi connectivity index (χ0) is 12.3. The molecule has 0 saturated carbocycles. The van der Waals surface area contributed by atoms with Gasteiger partial charge in [-0.15, -0.1) is 11.3 Å². The van der Waals surface area contributed by atoms with Gasteiger partial charge in [0, 0.05) is 10.4 Å². The van der Waals surface area contributed by atoms with E-state index in [9.17, 15) is 9.50 Å². The number of aliphatic hydroxyl groups excluding tert-OH is 1. The van der Waals surface area contributed by atoms with Gasteiger partial charge in [0.05, 0.1) is 6.10 Å². The highest BCUT2D eigenvalue weighted by Gasteiger charge is 2.07. The first kappa shape index (κ1) is 12.1. The van der Waals surface area contributed by atoms with E-state index in [4.69, 9.17) is 4.74 Å². The molecule has 0 fully saturated rings. The van der Waals surface area contributed by atoms with Crippen molar-refractivity contribution in [3.63, 3.8) is 0 Å². The first-order chi connectivity index (χ1) is 8.16. The van der Waals surface area contributed by atoms with E-state index in [1.165, 1.54) is 17.4 Å². The molecule has 1 unspecified atom stereocenters. The standard InChI is InChI=1S/C13H13FO2S/c1-9(15)12-6-7-13(17-12)16-8-10-4-2-3-5-11(10)14/h2-7,9,15H,8H2,1H3. The second-order valence-electron chi connectivity index (χ2n) is 3.71. The van der Waals surface area contributed by atoms with E-state index < -0.39 is 6.10 Å². The summed E-state index contributed by atoms with van der Waals surface area (Å²) in [4.78, 5) is 0.841. The van der Waals surface area contributed by atoms with Crippen LogP contribution in [0.2, 0.25) is 0 Å². The van der Waals surface area contributed by atoms with Gasteiger partial charge < -0.3 is 9.84 Å². The van der Waals surface area contributed by atoms with Crippen LogP contribution in [0, 0.1) is 5.82 Å². The summed E-state index contributed by atoms with van der Waals surface area (Å²) in [6.07, 6.45) is -0.495. The molecular weight excluding hydrogens is 239 g/mol. The fourth-order valence-electron chi connectivity index (χ4n) is 1.40. The van der Waals surface area contributed by atoms with Gasteiger partial charge in [0.1, 0.15) is 12.4 Å². The molecule has 0 spiro atoms. The van der Waals surface area contributed by atoms with Crippen LogP contribution in [0.25, 0.3) is 0 Å². The molecule has 1 aromatic carbocycles. The van der Waals surface area contributed by atoms with Gasteiger partial charge in [-0.3, -0.25) is 0 Å². The van der Waals surface area contributed by atoms with Crippen molar-refractivity contribution in [2.24, 2.45) is 0 Å². The molecule has 1 N–H and O–H groups in total. The minimum atomic E-state index is -0.495. The number of thiophene rings is 1. The first-order valence-corrected chi connectivity index (χ1v) is 6.12. The van der Waals surface area contributed by atoms with Crippen LogP contribution in [0.3, 0.4) is 0 Å². The van der Waals surface area contributed by atoms with E-state index in [2.05, 4.69) is 0 Å². The molecule has 2 aromatic rings. The monoisotopic (exact) mass is 252 g/mol. The van der Waals surface area contributed by atoms with Crippen LogP contribution in [-0.2, 0) is 6.61 Å². The average Bonchev–Trinajstić information content (AvgIpc) is 2.77. The molecule has 0 bridgehead atoms. The highest BCUT2D eigenvalue weighted by atomic mass is 32.1. The molecule has 17 heavy (non-hydrogen) atoms. The topological polar surface area (TPSA) is 29.5 Å². The van der Waals surface area contributed by atoms with Crippen molar-refractivity contribution >= 4 is 11.3 Å². The van der Waals surface area contributed by atoms with Crippen LogP contribution in [-0.4, -0.2) is 5.11 Å². The van der Waals surface area contributed by atoms with E-state index in [0.717, 1.165) is 4.88 Å². The lowest BCUT2D eigenvalue weighted by molar-refractivity contribution is 0.203. The van der Waals surface area contributed by atoms with E-state index in [1.54, 1.807) is 31.2 Å². The summed E-state index contributed by atoms with van der Waals surface area (Å²) in [6, 6.07) is 10.1. The third kappa shape index (κ3) is 3.05. The zero-order valence-corrected chi connectivity index (χ0v) is 10.2. The summed E-state index contributed by atoms with van der Waals surface area (Å²) >= 11 is 1.37. The van der Waals surface area contributed by atoms with Crippen molar-refractivity contribution in [2.45, 2.75) is 19.6 Å². The van der Waals surface area contributed by atoms with Crippen LogP contribution in [0.5, 0.6) is 5.06 Å². The highest BCUT2D eigenvalue weighted by molar-refractivity contribution is 7.13. The molecule has 0 saturated heterocycles. The van der Waals surface area contributed by atoms with Crippen molar-refractivity contribution in [1.29, 1.82) is 0 Å². The van der Waals surface area contributed by atoms with Crippen molar-refractivity contribution in [1.82, 2.24) is 0 Å². The normalized spacial score (nSPS) is 12.4. The van der Waals surface area contributed by atoms with Gasteiger partial charge in [0.2, 0.25) is 0 Å². The van der Waals surface area contributed by atoms with E-state index in [-0.39, 0.29) is 12.4 Å². The third-order valence-corrected chi connectivity index (χ3v) is 3.51. The summed E-state index contributed by atoms with van der Waals surface area (Å²) in [5.74, 6) is -0.264. The Labute approximate surface area is 103 Å². The second-order valence-corrected chi connectivity index (χ2v) is 4.79. The van der Waals surface area contributed by atoms with Crippen molar-refractivity contribution in [3.8, 4) is 5.06 Å². The largest absolute Gasteiger partial charge is 0.479 e. The second kappa shape index (κ2) is 5.29. The molecule has 2 nitrogen and oxygen atoms in total. The molecule has 0 aliphatic carbocycles. The van der Waals surface area contributed by atoms with E-state index in [0.29, 0.717) is 10.6 Å². The molecule has 1 heterocycles. The Morgan fingerprint density at radius 1 is 1.29 bits per heavy atom. The minimum Gasteiger partial charge on any atom is -0.479 e. The molecule has 0 aliphatic rings. The Balaban J connectivity index is 2.00. The molecule has 1 atom stereocenters. The van der Waals surface area contributed by atoms with Gasteiger partial charge >= 0.3 is 0 Å². The summed E-state index contributed by atoms with van der Waals surface area (Å²) < 4.78 is 18.8. The first-order valence-electron chi connectivity index (χ1n) is 5.31. The van der Waals surface area contributed by atoms with Crippen LogP contribution in [0.4, 0.5) is 4.39 Å². The Bertz CT molecular complexity index is 494. The molecular formula is C13H13FO2S. The van der Waals surface area contributed by atoms with E-state index >= 15 is 0 Å². The molecule has 90 valence electrons. The number of hydrogen-bond acceptors (Lipinski definition) is 3. The lowest BCUT2D eigenvalue weighted by atomic mass is 10.2. The van der Waals surface area contributed by atoms with Crippen molar-refractivity contribution in [2.75, 3.05) is 0 Å². The fourth-order valence-corrected chi connectivity index (χ4v) is 2.19. The number of benzene rings is 1. The number of aliphatic hydroxyl groups is 1. The van der Waals surface area contributed by atoms with Gasteiger partial charge in [-0.05, 0) is 25.1 Å². The number of ether oxygens (including phenoxy) is 1. The number of rotatable bonds is 4. The van der Waals surface area contributed by atoms with Gasteiger partial charge in [-0.25, -0.2) is 4.39 Å². The van der Waals surface area contributed by atoms with Gasteiger partial charge in [-0.2, -0.15) is 0 Å². The highest BCUT2D eigenvalue weighted by Crippen LogP contribution is 2.29. The quantitative estimate of drug-likeness (QED) is 0.902. The Hall–Kier alpha value is -1.39. The molecule has 0 amide bonds. The van der Waals surface area contributed by atoms with Crippen LogP contribution >= 0.6 is 11.3 Å². The van der Waals surface area contributed by atoms with Crippen LogP contribution < -0.4 is 4.74 Å². The van der Waals surface area contributed by atoms with Crippen LogP contribution in [0.15, 0.2) is 36.4 Å². The maximum absolute atomic E-state index is 13.3. The van der Waals surface area contributed by atoms with Gasteiger partial charge in [-0.1, -0.05) is 18.2 Å². The fraction of sp³-hybridized carbons (Fsp3) is 0.231. The Kier molecular flexibility index (Phi) is 3.76. The third-order valence-electron chi connectivity index (χ3n) is 2.34. The maximum atomic E-state index is 13.3. The SMILES string of the molecule is CC(O)c1ccc(OCc2ccccc2F)s1. The molecule has 4 heteroatoms. The lowest BCUT2D eigenvalue weighted by Crippen LogP contribution is -1.96. The predicted octanol–water partition coefficient (Wildman–Crippen LogP) is 3.52. The van der Waals surface area contributed by atoms with Crippen LogP contribution in [0.1, 0.15) is 23.5 Å². The van der Waals surface area contributed by atoms with Crippen molar-refractivity contribution < 1.29 is 14.2 Å². The predicted molar refractivity (Wildman–Crippen MR) is 65.7 cm³/mol. The molecule has 1 aromatic heterocycles. The minimum absolute atomic E-state index is 0.201. The lowest BCUT2D eigenvalue weighted by Gasteiger charge is -2.04. The van der Waals surface area contributed by atoms with Gasteiger partial charge in [0.15, 0.2) is 5.06 Å². The van der Waals surface area contributed by atoms with E-state index in [1.807, 2.05) is 6.07 Å². The number of hydrogen-bond donors (Lipinski definition) is 1. The number of halogens is 1. The zero-order valence-electron chi connectivity index (χ0n) is 9.39. The summed E-state index contributed by atoms with van der Waals surface area (Å²) in [7, 11) is 0. The van der Waals surface area contributed by atoms with Gasteiger partial charge in [0.25, 0.3) is 0 Å².